The summed E-state index contributed by atoms with van der Waals surface area (Å²) in [6.07, 6.45) is 2.78. The molecule has 0 bridgehead atoms. The molecule has 21 heavy (non-hydrogen) atoms. The van der Waals surface area contributed by atoms with Crippen molar-refractivity contribution in [1.82, 2.24) is 15.1 Å². The molecule has 0 aliphatic carbocycles. The molecule has 0 amide bonds. The van der Waals surface area contributed by atoms with Crippen molar-refractivity contribution in [2.75, 3.05) is 7.11 Å². The van der Waals surface area contributed by atoms with Crippen molar-refractivity contribution in [3.05, 3.63) is 42.5 Å². The van der Waals surface area contributed by atoms with Crippen LogP contribution in [-0.4, -0.2) is 27.3 Å². The molecule has 6 nitrogen and oxygen atoms in total. The number of aromatic hydroxyl groups is 1. The van der Waals surface area contributed by atoms with Crippen LogP contribution in [0.1, 0.15) is 0 Å². The number of rotatable bonds is 3. The third kappa shape index (κ3) is 2.40. The zero-order valence-electron chi connectivity index (χ0n) is 10.9. The predicted octanol–water partition coefficient (Wildman–Crippen LogP) is 2.65. The van der Waals surface area contributed by atoms with E-state index in [1.54, 1.807) is 6.07 Å². The van der Waals surface area contributed by atoms with Gasteiger partial charge in [-0.15, -0.1) is 0 Å². The van der Waals surface area contributed by atoms with E-state index in [2.05, 4.69) is 15.1 Å². The Morgan fingerprint density at radius 2 is 2.14 bits per heavy atom. The first-order valence-corrected chi connectivity index (χ1v) is 6.00. The van der Waals surface area contributed by atoms with Gasteiger partial charge in [0.05, 0.1) is 18.9 Å². The number of hydrogen-bond acceptors (Lipinski definition) is 6. The van der Waals surface area contributed by atoms with Crippen molar-refractivity contribution in [2.24, 2.45) is 0 Å². The molecule has 0 radical (unpaired) electrons. The highest BCUT2D eigenvalue weighted by molar-refractivity contribution is 5.64. The number of pyridine rings is 1. The second-order valence-electron chi connectivity index (χ2n) is 4.17. The molecule has 2 aromatic heterocycles. The minimum atomic E-state index is -0.475. The number of aromatic nitrogens is 3. The van der Waals surface area contributed by atoms with Gasteiger partial charge in [-0.25, -0.2) is 4.39 Å². The Kier molecular flexibility index (Phi) is 3.23. The van der Waals surface area contributed by atoms with Gasteiger partial charge in [0.1, 0.15) is 5.75 Å². The maximum absolute atomic E-state index is 13.4. The Balaban J connectivity index is 2.01. The van der Waals surface area contributed by atoms with Gasteiger partial charge in [0.2, 0.25) is 5.82 Å². The van der Waals surface area contributed by atoms with Crippen molar-refractivity contribution < 1.29 is 18.8 Å². The number of halogens is 1. The molecule has 0 saturated heterocycles. The van der Waals surface area contributed by atoms with Crippen molar-refractivity contribution >= 4 is 0 Å². The lowest BCUT2D eigenvalue weighted by molar-refractivity contribution is 0.386. The van der Waals surface area contributed by atoms with Gasteiger partial charge in [0.15, 0.2) is 11.6 Å². The fraction of sp³-hybridized carbons (Fsp3) is 0.0714. The third-order valence-corrected chi connectivity index (χ3v) is 2.87. The van der Waals surface area contributed by atoms with Gasteiger partial charge in [-0.1, -0.05) is 5.16 Å². The van der Waals surface area contributed by atoms with Crippen molar-refractivity contribution in [3.63, 3.8) is 0 Å². The summed E-state index contributed by atoms with van der Waals surface area (Å²) >= 11 is 0. The number of ether oxygens (including phenoxy) is 1. The highest BCUT2D eigenvalue weighted by atomic mass is 19.1. The van der Waals surface area contributed by atoms with Gasteiger partial charge in [-0.2, -0.15) is 4.98 Å². The molecule has 0 aliphatic rings. The monoisotopic (exact) mass is 287 g/mol. The normalized spacial score (nSPS) is 10.6. The summed E-state index contributed by atoms with van der Waals surface area (Å²) in [6.45, 7) is 0. The maximum Gasteiger partial charge on any atom is 0.262 e. The largest absolute Gasteiger partial charge is 0.505 e. The second kappa shape index (κ2) is 5.20. The van der Waals surface area contributed by atoms with E-state index < -0.39 is 5.82 Å². The van der Waals surface area contributed by atoms with Crippen LogP contribution < -0.4 is 4.74 Å². The first-order chi connectivity index (χ1) is 10.2. The molecule has 0 fully saturated rings. The molecule has 0 unspecified atom stereocenters. The van der Waals surface area contributed by atoms with Crippen LogP contribution in [0.3, 0.4) is 0 Å². The summed E-state index contributed by atoms with van der Waals surface area (Å²) in [4.78, 5) is 7.94. The van der Waals surface area contributed by atoms with Crippen LogP contribution in [-0.2, 0) is 0 Å². The standard InChI is InChI=1S/C14H10FN3O3/c1-20-12-6-8(2-3-10(12)15)13-17-14(21-18-13)9-4-5-16-7-11(9)19/h2-7,19H,1H3. The average molecular weight is 287 g/mol. The topological polar surface area (TPSA) is 81.3 Å². The lowest BCUT2D eigenvalue weighted by atomic mass is 10.2. The second-order valence-corrected chi connectivity index (χ2v) is 4.17. The molecule has 7 heteroatoms. The van der Waals surface area contributed by atoms with E-state index >= 15 is 0 Å². The molecule has 3 aromatic rings. The van der Waals surface area contributed by atoms with Gasteiger partial charge in [0, 0.05) is 11.8 Å². The van der Waals surface area contributed by atoms with E-state index in [0.29, 0.717) is 11.1 Å². The molecule has 0 saturated carbocycles. The van der Waals surface area contributed by atoms with E-state index in [1.165, 1.54) is 37.7 Å². The zero-order chi connectivity index (χ0) is 14.8. The lowest BCUT2D eigenvalue weighted by Crippen LogP contribution is -1.89. The number of benzene rings is 1. The third-order valence-electron chi connectivity index (χ3n) is 2.87. The summed E-state index contributed by atoms with van der Waals surface area (Å²) in [7, 11) is 1.37. The van der Waals surface area contributed by atoms with Crippen molar-refractivity contribution in [1.29, 1.82) is 0 Å². The van der Waals surface area contributed by atoms with E-state index in [4.69, 9.17) is 9.26 Å². The molecule has 0 spiro atoms. The van der Waals surface area contributed by atoms with E-state index in [1.807, 2.05) is 0 Å². The first kappa shape index (κ1) is 13.0. The number of methoxy groups -OCH3 is 1. The summed E-state index contributed by atoms with van der Waals surface area (Å²) < 4.78 is 23.4. The quantitative estimate of drug-likeness (QED) is 0.797. The van der Waals surface area contributed by atoms with Crippen molar-refractivity contribution in [2.45, 2.75) is 0 Å². The first-order valence-electron chi connectivity index (χ1n) is 6.00. The Morgan fingerprint density at radius 1 is 1.29 bits per heavy atom. The van der Waals surface area contributed by atoms with Gasteiger partial charge in [-0.05, 0) is 24.3 Å². The molecule has 0 atom stereocenters. The SMILES string of the molecule is COc1cc(-c2noc(-c3ccncc3O)n2)ccc1F. The Bertz CT molecular complexity index is 789. The van der Waals surface area contributed by atoms with Crippen LogP contribution in [0.4, 0.5) is 4.39 Å². The summed E-state index contributed by atoms with van der Waals surface area (Å²) in [5.41, 5.74) is 0.912. The molecule has 1 N–H and O–H groups in total. The predicted molar refractivity (Wildman–Crippen MR) is 71.1 cm³/mol. The van der Waals surface area contributed by atoms with E-state index in [0.717, 1.165) is 0 Å². The van der Waals surface area contributed by atoms with Crippen LogP contribution in [0.25, 0.3) is 22.8 Å². The Morgan fingerprint density at radius 3 is 2.90 bits per heavy atom. The summed E-state index contributed by atoms with van der Waals surface area (Å²) in [5.74, 6) is -0.0422. The van der Waals surface area contributed by atoms with E-state index in [9.17, 15) is 9.50 Å². The fourth-order valence-electron chi connectivity index (χ4n) is 1.82. The lowest BCUT2D eigenvalue weighted by Gasteiger charge is -2.02. The summed E-state index contributed by atoms with van der Waals surface area (Å²) in [6, 6.07) is 5.79. The molecule has 106 valence electrons. The molecular formula is C14H10FN3O3. The molecule has 0 aliphatic heterocycles. The highest BCUT2D eigenvalue weighted by Crippen LogP contribution is 2.29. The smallest absolute Gasteiger partial charge is 0.262 e. The van der Waals surface area contributed by atoms with Gasteiger partial charge in [-0.3, -0.25) is 4.98 Å². The zero-order valence-corrected chi connectivity index (χ0v) is 10.9. The molecule has 2 heterocycles. The van der Waals surface area contributed by atoms with Crippen LogP contribution in [0.5, 0.6) is 11.5 Å². The average Bonchev–Trinajstić information content (AvgIpc) is 2.98. The highest BCUT2D eigenvalue weighted by Gasteiger charge is 2.15. The van der Waals surface area contributed by atoms with Gasteiger partial charge < -0.3 is 14.4 Å². The molecular weight excluding hydrogens is 277 g/mol. The van der Waals surface area contributed by atoms with E-state index in [-0.39, 0.29) is 23.2 Å². The van der Waals surface area contributed by atoms with Crippen LogP contribution in [0, 0.1) is 5.82 Å². The van der Waals surface area contributed by atoms with Crippen LogP contribution >= 0.6 is 0 Å². The fourth-order valence-corrected chi connectivity index (χ4v) is 1.82. The molecule has 1 aromatic carbocycles. The number of nitrogens with zero attached hydrogens (tertiary/aromatic N) is 3. The Labute approximate surface area is 118 Å². The minimum absolute atomic E-state index is 0.0654. The Hall–Kier alpha value is -2.96. The van der Waals surface area contributed by atoms with Crippen LogP contribution in [0.15, 0.2) is 41.2 Å². The van der Waals surface area contributed by atoms with Crippen molar-refractivity contribution in [3.8, 4) is 34.3 Å². The van der Waals surface area contributed by atoms with Crippen LogP contribution in [0.2, 0.25) is 0 Å². The van der Waals surface area contributed by atoms with Gasteiger partial charge >= 0.3 is 0 Å². The molecule has 3 rings (SSSR count). The number of hydrogen-bond donors (Lipinski definition) is 1. The maximum atomic E-state index is 13.4. The minimum Gasteiger partial charge on any atom is -0.505 e. The van der Waals surface area contributed by atoms with Gasteiger partial charge in [0.25, 0.3) is 5.89 Å². The summed E-state index contributed by atoms with van der Waals surface area (Å²) in [5, 5.41) is 13.5.